The van der Waals surface area contributed by atoms with Crippen molar-refractivity contribution < 1.29 is 0 Å². The number of benzene rings is 1. The van der Waals surface area contributed by atoms with Gasteiger partial charge in [-0.3, -0.25) is 0 Å². The van der Waals surface area contributed by atoms with Crippen LogP contribution in [0, 0.1) is 23.2 Å². The fourth-order valence-corrected chi connectivity index (χ4v) is 5.22. The molecule has 0 spiro atoms. The highest BCUT2D eigenvalue weighted by Gasteiger charge is 2.52. The van der Waals surface area contributed by atoms with E-state index in [0.29, 0.717) is 5.41 Å². The Morgan fingerprint density at radius 3 is 2.76 bits per heavy atom. The molecule has 4 unspecified atom stereocenters. The van der Waals surface area contributed by atoms with Crippen LogP contribution in [0.4, 0.5) is 0 Å². The van der Waals surface area contributed by atoms with Gasteiger partial charge in [0, 0.05) is 19.6 Å². The van der Waals surface area contributed by atoms with Gasteiger partial charge in [-0.2, -0.15) is 0 Å². The van der Waals surface area contributed by atoms with E-state index in [1.807, 2.05) is 0 Å². The van der Waals surface area contributed by atoms with Gasteiger partial charge in [-0.15, -0.1) is 0 Å². The van der Waals surface area contributed by atoms with Gasteiger partial charge < -0.3 is 4.90 Å². The number of hydrogen-bond acceptors (Lipinski definition) is 1. The van der Waals surface area contributed by atoms with Crippen molar-refractivity contribution in [3.63, 3.8) is 0 Å². The molecule has 1 aromatic carbocycles. The average Bonchev–Trinajstić information content (AvgIpc) is 3.01. The maximum absolute atomic E-state index is 2.75. The molecular formula is C20H27N. The van der Waals surface area contributed by atoms with E-state index in [-0.39, 0.29) is 0 Å². The van der Waals surface area contributed by atoms with Gasteiger partial charge in [0.15, 0.2) is 0 Å². The lowest BCUT2D eigenvalue weighted by atomic mass is 9.54. The molecule has 2 fully saturated rings. The van der Waals surface area contributed by atoms with Gasteiger partial charge in [-0.05, 0) is 54.4 Å². The molecule has 4 atom stereocenters. The van der Waals surface area contributed by atoms with E-state index in [1.165, 1.54) is 50.9 Å². The van der Waals surface area contributed by atoms with Crippen LogP contribution in [0.3, 0.4) is 0 Å². The van der Waals surface area contributed by atoms with Crippen molar-refractivity contribution in [1.29, 1.82) is 0 Å². The third-order valence-corrected chi connectivity index (χ3v) is 6.57. The van der Waals surface area contributed by atoms with Crippen molar-refractivity contribution in [3.05, 3.63) is 48.0 Å². The minimum Gasteiger partial charge on any atom is -0.302 e. The number of likely N-dealkylation sites (tertiary alicyclic amines) is 1. The first-order valence-corrected chi connectivity index (χ1v) is 8.76. The van der Waals surface area contributed by atoms with Crippen LogP contribution in [0.2, 0.25) is 0 Å². The zero-order chi connectivity index (χ0) is 14.3. The summed E-state index contributed by atoms with van der Waals surface area (Å²) in [5, 5.41) is 0. The normalized spacial score (nSPS) is 37.9. The smallest absolute Gasteiger partial charge is 0.00221 e. The van der Waals surface area contributed by atoms with Gasteiger partial charge in [-0.1, -0.05) is 49.4 Å². The highest BCUT2D eigenvalue weighted by Crippen LogP contribution is 2.56. The molecule has 3 aliphatic carbocycles. The van der Waals surface area contributed by atoms with Crippen LogP contribution in [0.5, 0.6) is 0 Å². The van der Waals surface area contributed by atoms with E-state index in [9.17, 15) is 0 Å². The van der Waals surface area contributed by atoms with Crippen molar-refractivity contribution in [2.45, 2.75) is 32.6 Å². The van der Waals surface area contributed by atoms with Crippen LogP contribution in [0.25, 0.3) is 0 Å². The third-order valence-electron chi connectivity index (χ3n) is 6.57. The molecule has 4 aliphatic rings. The Kier molecular flexibility index (Phi) is 3.41. The second kappa shape index (κ2) is 5.28. The number of fused-ring (bicyclic) bond motifs is 1. The second-order valence-electron chi connectivity index (χ2n) is 7.41. The molecule has 1 heterocycles. The molecule has 21 heavy (non-hydrogen) atoms. The number of allylic oxidation sites excluding steroid dienone is 2. The van der Waals surface area contributed by atoms with Crippen LogP contribution in [0.15, 0.2) is 42.5 Å². The first-order valence-electron chi connectivity index (χ1n) is 8.76. The summed E-state index contributed by atoms with van der Waals surface area (Å²) in [6.45, 7) is 6.32. The molecule has 0 N–H and O–H groups in total. The first kappa shape index (κ1) is 13.6. The number of hydrogen-bond donors (Lipinski definition) is 0. The van der Waals surface area contributed by atoms with E-state index in [0.717, 1.165) is 17.8 Å². The lowest BCUT2D eigenvalue weighted by Crippen LogP contribution is -2.44. The van der Waals surface area contributed by atoms with E-state index in [1.54, 1.807) is 0 Å². The monoisotopic (exact) mass is 281 g/mol. The van der Waals surface area contributed by atoms with Crippen molar-refractivity contribution >= 4 is 0 Å². The summed E-state index contributed by atoms with van der Waals surface area (Å²) in [5.74, 6) is 2.76. The molecule has 1 aliphatic heterocycles. The fraction of sp³-hybridized carbons (Fsp3) is 0.600. The van der Waals surface area contributed by atoms with Crippen LogP contribution in [0.1, 0.15) is 31.7 Å². The Bertz CT molecular complexity index is 520. The molecule has 2 bridgehead atoms. The summed E-state index contributed by atoms with van der Waals surface area (Å²) in [4.78, 5) is 2.75. The minimum atomic E-state index is 0.543. The van der Waals surface area contributed by atoms with Gasteiger partial charge in [-0.25, -0.2) is 0 Å². The summed E-state index contributed by atoms with van der Waals surface area (Å²) in [6, 6.07) is 11.0. The topological polar surface area (TPSA) is 3.24 Å². The molecule has 0 radical (unpaired) electrons. The standard InChI is InChI=1S/C20H27N/c1-2-20-11-8-17(9-12-20)18-14-21(15-19(18)20)13-10-16-6-4-3-5-7-16/h3-8,11,17-19H,2,9-10,12-15H2,1H3. The van der Waals surface area contributed by atoms with Gasteiger partial charge in [0.05, 0.1) is 0 Å². The maximum Gasteiger partial charge on any atom is 0.00221 e. The fourth-order valence-electron chi connectivity index (χ4n) is 5.22. The zero-order valence-corrected chi connectivity index (χ0v) is 13.2. The van der Waals surface area contributed by atoms with E-state index >= 15 is 0 Å². The van der Waals surface area contributed by atoms with Crippen LogP contribution in [-0.2, 0) is 6.42 Å². The summed E-state index contributed by atoms with van der Waals surface area (Å²) in [5.41, 5.74) is 2.03. The Morgan fingerprint density at radius 1 is 1.19 bits per heavy atom. The van der Waals surface area contributed by atoms with Gasteiger partial charge in [0.1, 0.15) is 0 Å². The number of nitrogens with zero attached hydrogens (tertiary/aromatic N) is 1. The van der Waals surface area contributed by atoms with Crippen LogP contribution >= 0.6 is 0 Å². The van der Waals surface area contributed by atoms with E-state index in [2.05, 4.69) is 54.3 Å². The second-order valence-corrected chi connectivity index (χ2v) is 7.41. The Labute approximate surface area is 129 Å². The quantitative estimate of drug-likeness (QED) is 0.749. The summed E-state index contributed by atoms with van der Waals surface area (Å²) in [7, 11) is 0. The van der Waals surface area contributed by atoms with E-state index in [4.69, 9.17) is 0 Å². The van der Waals surface area contributed by atoms with Crippen LogP contribution < -0.4 is 0 Å². The van der Waals surface area contributed by atoms with Crippen molar-refractivity contribution in [1.82, 2.24) is 4.90 Å². The van der Waals surface area contributed by atoms with Gasteiger partial charge >= 0.3 is 0 Å². The molecule has 1 saturated heterocycles. The molecular weight excluding hydrogens is 254 g/mol. The summed E-state index contributed by atoms with van der Waals surface area (Å²) >= 11 is 0. The summed E-state index contributed by atoms with van der Waals surface area (Å²) in [6.07, 6.45) is 10.6. The Morgan fingerprint density at radius 2 is 2.05 bits per heavy atom. The highest BCUT2D eigenvalue weighted by molar-refractivity contribution is 5.20. The molecule has 0 amide bonds. The van der Waals surface area contributed by atoms with Crippen LogP contribution in [-0.4, -0.2) is 24.5 Å². The van der Waals surface area contributed by atoms with Crippen molar-refractivity contribution in [3.8, 4) is 0 Å². The SMILES string of the molecule is CCC12C=CC(CC1)C1CN(CCc3ccccc3)CC12. The molecule has 1 nitrogen and oxygen atoms in total. The van der Waals surface area contributed by atoms with Crippen molar-refractivity contribution in [2.24, 2.45) is 23.2 Å². The Hall–Kier alpha value is -1.08. The lowest BCUT2D eigenvalue weighted by Gasteiger charge is -2.50. The molecule has 1 heteroatoms. The largest absolute Gasteiger partial charge is 0.302 e. The first-order chi connectivity index (χ1) is 10.3. The minimum absolute atomic E-state index is 0.543. The highest BCUT2D eigenvalue weighted by atomic mass is 15.2. The molecule has 5 rings (SSSR count). The van der Waals surface area contributed by atoms with Crippen molar-refractivity contribution in [2.75, 3.05) is 19.6 Å². The molecule has 1 saturated carbocycles. The predicted molar refractivity (Wildman–Crippen MR) is 88.2 cm³/mol. The van der Waals surface area contributed by atoms with Gasteiger partial charge in [0.25, 0.3) is 0 Å². The average molecular weight is 281 g/mol. The zero-order valence-electron chi connectivity index (χ0n) is 13.2. The third kappa shape index (κ3) is 2.26. The molecule has 112 valence electrons. The lowest BCUT2D eigenvalue weighted by molar-refractivity contribution is 0.0685. The predicted octanol–water partition coefficient (Wildman–Crippen LogP) is 4.15. The molecule has 0 aromatic heterocycles. The molecule has 1 aromatic rings. The maximum atomic E-state index is 2.75. The number of rotatable bonds is 4. The summed E-state index contributed by atoms with van der Waals surface area (Å²) < 4.78 is 0. The Balaban J connectivity index is 1.43. The van der Waals surface area contributed by atoms with Gasteiger partial charge in [0.2, 0.25) is 0 Å². The van der Waals surface area contributed by atoms with E-state index < -0.39 is 0 Å².